The summed E-state index contributed by atoms with van der Waals surface area (Å²) < 4.78 is 5.32. The fraction of sp³-hybridized carbons (Fsp3) is 0.630. The van der Waals surface area contributed by atoms with Crippen LogP contribution in [0.5, 0.6) is 0 Å². The third-order valence-corrected chi connectivity index (χ3v) is 5.34. The number of esters is 1. The topological polar surface area (TPSA) is 152 Å². The fourth-order valence-electron chi connectivity index (χ4n) is 3.33. The van der Waals surface area contributed by atoms with Crippen LogP contribution in [0, 0.1) is 11.3 Å². The lowest BCUT2D eigenvalue weighted by atomic mass is 9.97. The number of ether oxygens (including phenoxy) is 1. The van der Waals surface area contributed by atoms with Crippen molar-refractivity contribution in [2.75, 3.05) is 11.9 Å². The predicted octanol–water partition coefficient (Wildman–Crippen LogP) is 3.06. The average molecular weight is 520 g/mol. The van der Waals surface area contributed by atoms with Gasteiger partial charge in [-0.15, -0.1) is 0 Å². The Labute approximate surface area is 220 Å². The summed E-state index contributed by atoms with van der Waals surface area (Å²) in [5.74, 6) is -0.948. The van der Waals surface area contributed by atoms with Gasteiger partial charge in [0.25, 0.3) is 0 Å². The maximum absolute atomic E-state index is 13.1. The largest absolute Gasteiger partial charge is 0.460 e. The van der Waals surface area contributed by atoms with Gasteiger partial charge in [-0.05, 0) is 78.0 Å². The summed E-state index contributed by atoms with van der Waals surface area (Å²) in [6.45, 7) is 15.6. The van der Waals surface area contributed by atoms with Crippen LogP contribution in [0.15, 0.2) is 24.3 Å². The van der Waals surface area contributed by atoms with E-state index in [9.17, 15) is 19.2 Å². The van der Waals surface area contributed by atoms with Crippen LogP contribution in [0.1, 0.15) is 73.8 Å². The summed E-state index contributed by atoms with van der Waals surface area (Å²) in [7, 11) is 0. The third kappa shape index (κ3) is 12.6. The Kier molecular flexibility index (Phi) is 12.0. The molecular weight excluding hydrogens is 474 g/mol. The molecule has 0 spiro atoms. The molecule has 10 heteroatoms. The zero-order chi connectivity index (χ0) is 28.4. The number of anilines is 1. The molecule has 2 atom stereocenters. The Bertz CT molecular complexity index is 917. The van der Waals surface area contributed by atoms with Crippen LogP contribution in [0.25, 0.3) is 0 Å². The number of carbonyl (C=O) groups excluding carboxylic acids is 4. The molecule has 1 aromatic carbocycles. The van der Waals surface area contributed by atoms with Gasteiger partial charge >= 0.3 is 12.0 Å². The average Bonchev–Trinajstić information content (AvgIpc) is 2.77. The molecule has 1 aromatic rings. The van der Waals surface area contributed by atoms with Gasteiger partial charge in [0, 0.05) is 17.8 Å². The summed E-state index contributed by atoms with van der Waals surface area (Å²) in [6.07, 6.45) is 0.747. The summed E-state index contributed by atoms with van der Waals surface area (Å²) in [5, 5.41) is 11.5. The monoisotopic (exact) mass is 519 g/mol. The van der Waals surface area contributed by atoms with Crippen LogP contribution in [0.2, 0.25) is 0 Å². The van der Waals surface area contributed by atoms with Crippen LogP contribution < -0.4 is 27.0 Å². The second-order valence-electron chi connectivity index (χ2n) is 11.6. The van der Waals surface area contributed by atoms with Crippen molar-refractivity contribution in [1.82, 2.24) is 16.0 Å². The van der Waals surface area contributed by atoms with Crippen LogP contribution in [0.4, 0.5) is 10.5 Å². The molecule has 1 rings (SSSR count). The zero-order valence-electron chi connectivity index (χ0n) is 23.5. The van der Waals surface area contributed by atoms with Gasteiger partial charge in [0.15, 0.2) is 0 Å². The Morgan fingerprint density at radius 1 is 0.946 bits per heavy atom. The van der Waals surface area contributed by atoms with Gasteiger partial charge < -0.3 is 31.7 Å². The molecule has 208 valence electrons. The minimum absolute atomic E-state index is 0.000562. The van der Waals surface area contributed by atoms with E-state index in [1.54, 1.807) is 45.0 Å². The summed E-state index contributed by atoms with van der Waals surface area (Å²) >= 11 is 0. The van der Waals surface area contributed by atoms with E-state index in [4.69, 9.17) is 10.5 Å². The van der Waals surface area contributed by atoms with Crippen LogP contribution in [-0.4, -0.2) is 48.0 Å². The molecule has 0 saturated heterocycles. The molecule has 0 radical (unpaired) electrons. The predicted molar refractivity (Wildman–Crippen MR) is 145 cm³/mol. The van der Waals surface area contributed by atoms with E-state index in [2.05, 4.69) is 21.3 Å². The number of primary amides is 1. The molecular formula is C27H45N5O5. The van der Waals surface area contributed by atoms with Crippen molar-refractivity contribution >= 4 is 29.5 Å². The quantitative estimate of drug-likeness (QED) is 0.211. The van der Waals surface area contributed by atoms with E-state index in [-0.39, 0.29) is 42.4 Å². The van der Waals surface area contributed by atoms with Gasteiger partial charge in [0.05, 0.1) is 11.5 Å². The van der Waals surface area contributed by atoms with Crippen molar-refractivity contribution in [3.8, 4) is 0 Å². The molecule has 0 aliphatic heterocycles. The molecule has 0 unspecified atom stereocenters. The van der Waals surface area contributed by atoms with Gasteiger partial charge in [-0.25, -0.2) is 4.79 Å². The first-order chi connectivity index (χ1) is 17.0. The highest BCUT2D eigenvalue weighted by atomic mass is 16.5. The van der Waals surface area contributed by atoms with Crippen LogP contribution >= 0.6 is 0 Å². The van der Waals surface area contributed by atoms with Crippen molar-refractivity contribution in [2.45, 2.75) is 92.5 Å². The van der Waals surface area contributed by atoms with Gasteiger partial charge in [-0.1, -0.05) is 26.0 Å². The molecule has 0 aliphatic rings. The number of amides is 4. The molecule has 0 aromatic heterocycles. The molecule has 0 heterocycles. The van der Waals surface area contributed by atoms with Gasteiger partial charge in [-0.3, -0.25) is 14.4 Å². The summed E-state index contributed by atoms with van der Waals surface area (Å²) in [5.41, 5.74) is 5.56. The van der Waals surface area contributed by atoms with Crippen molar-refractivity contribution in [2.24, 2.45) is 17.1 Å². The van der Waals surface area contributed by atoms with E-state index >= 15 is 0 Å². The number of nitrogens with two attached hydrogens (primary N) is 1. The normalized spacial score (nSPS) is 13.4. The summed E-state index contributed by atoms with van der Waals surface area (Å²) in [4.78, 5) is 49.2. The van der Waals surface area contributed by atoms with Crippen molar-refractivity contribution in [3.05, 3.63) is 29.8 Å². The minimum atomic E-state index is -0.822. The Morgan fingerprint density at radius 2 is 1.54 bits per heavy atom. The molecule has 0 bridgehead atoms. The highest BCUT2D eigenvalue weighted by Gasteiger charge is 2.30. The summed E-state index contributed by atoms with van der Waals surface area (Å²) in [6, 6.07) is 4.99. The van der Waals surface area contributed by atoms with Crippen LogP contribution in [-0.2, 0) is 25.7 Å². The van der Waals surface area contributed by atoms with E-state index in [0.29, 0.717) is 18.5 Å². The Balaban J connectivity index is 2.90. The smallest absolute Gasteiger partial charge is 0.312 e. The first-order valence-electron chi connectivity index (χ1n) is 12.7. The minimum Gasteiger partial charge on any atom is -0.460 e. The van der Waals surface area contributed by atoms with Crippen molar-refractivity contribution < 1.29 is 23.9 Å². The lowest BCUT2D eigenvalue weighted by molar-refractivity contribution is -0.154. The number of urea groups is 1. The maximum atomic E-state index is 13.1. The number of nitrogens with one attached hydrogen (secondary N) is 4. The second kappa shape index (κ2) is 14.0. The standard InChI is InChI=1S/C27H45N5O5/c1-17(2)21(32-27(6,7)8)23(34)31-20(10-9-15-29-25(28)36)22(33)30-19-13-11-18(12-14-19)16-37-24(35)26(3,4)5/h11-14,17,20-21,32H,9-10,15-16H2,1-8H3,(H,30,33)(H,31,34)(H3,28,29,36)/t20-,21-/m0/s1. The Hall–Kier alpha value is -3.14. The van der Waals surface area contributed by atoms with Crippen molar-refractivity contribution in [1.29, 1.82) is 0 Å². The number of carbonyl (C=O) groups is 4. The maximum Gasteiger partial charge on any atom is 0.312 e. The van der Waals surface area contributed by atoms with E-state index in [0.717, 1.165) is 5.56 Å². The first kappa shape index (κ1) is 31.9. The highest BCUT2D eigenvalue weighted by molar-refractivity contribution is 5.97. The fourth-order valence-corrected chi connectivity index (χ4v) is 3.33. The molecule has 0 fully saturated rings. The number of rotatable bonds is 12. The van der Waals surface area contributed by atoms with E-state index < -0.39 is 23.5 Å². The van der Waals surface area contributed by atoms with Crippen molar-refractivity contribution in [3.63, 3.8) is 0 Å². The third-order valence-electron chi connectivity index (χ3n) is 5.34. The first-order valence-corrected chi connectivity index (χ1v) is 12.7. The number of hydrogen-bond donors (Lipinski definition) is 5. The molecule has 0 saturated carbocycles. The molecule has 0 aliphatic carbocycles. The zero-order valence-corrected chi connectivity index (χ0v) is 23.5. The van der Waals surface area contributed by atoms with E-state index in [1.165, 1.54) is 0 Å². The number of hydrogen-bond acceptors (Lipinski definition) is 6. The Morgan fingerprint density at radius 3 is 2.03 bits per heavy atom. The van der Waals surface area contributed by atoms with Crippen LogP contribution in [0.3, 0.4) is 0 Å². The second-order valence-corrected chi connectivity index (χ2v) is 11.6. The molecule has 10 nitrogen and oxygen atoms in total. The van der Waals surface area contributed by atoms with Gasteiger partial charge in [-0.2, -0.15) is 0 Å². The molecule has 6 N–H and O–H groups in total. The molecule has 37 heavy (non-hydrogen) atoms. The van der Waals surface area contributed by atoms with E-state index in [1.807, 2.05) is 34.6 Å². The molecule has 4 amide bonds. The lowest BCUT2D eigenvalue weighted by Gasteiger charge is -2.31. The van der Waals surface area contributed by atoms with Gasteiger partial charge in [0.2, 0.25) is 11.8 Å². The highest BCUT2D eigenvalue weighted by Crippen LogP contribution is 2.18. The SMILES string of the molecule is CC(C)[C@H](NC(C)(C)C)C(=O)N[C@@H](CCCNC(N)=O)C(=O)Nc1ccc(COC(=O)C(C)(C)C)cc1. The lowest BCUT2D eigenvalue weighted by Crippen LogP contribution is -2.57. The number of benzene rings is 1. The van der Waals surface area contributed by atoms with Gasteiger partial charge in [0.1, 0.15) is 12.6 Å².